The molecule has 1 aromatic carbocycles. The summed E-state index contributed by atoms with van der Waals surface area (Å²) in [5, 5.41) is 14.6. The molecule has 0 bridgehead atoms. The summed E-state index contributed by atoms with van der Waals surface area (Å²) in [6.45, 7) is 1.85. The maximum Gasteiger partial charge on any atom is 0.253 e. The van der Waals surface area contributed by atoms with Gasteiger partial charge in [0.15, 0.2) is 0 Å². The summed E-state index contributed by atoms with van der Waals surface area (Å²) < 4.78 is 1.34. The molecular formula is C14H12N4O. The van der Waals surface area contributed by atoms with Gasteiger partial charge in [-0.25, -0.2) is 9.97 Å². The molecule has 0 unspecified atom stereocenters. The van der Waals surface area contributed by atoms with Crippen LogP contribution in [-0.2, 0) is 0 Å². The lowest BCUT2D eigenvalue weighted by atomic mass is 10.1. The Bertz CT molecular complexity index is 692. The predicted octanol–water partition coefficient (Wildman–Crippen LogP) is 2.34. The van der Waals surface area contributed by atoms with Crippen molar-refractivity contribution in [3.8, 4) is 23.0 Å². The van der Waals surface area contributed by atoms with Gasteiger partial charge < -0.3 is 5.11 Å². The molecule has 19 heavy (non-hydrogen) atoms. The van der Waals surface area contributed by atoms with E-state index < -0.39 is 0 Å². The number of aryl methyl sites for hydroxylation is 1. The Kier molecular flexibility index (Phi) is 2.72. The van der Waals surface area contributed by atoms with Gasteiger partial charge in [0.25, 0.3) is 5.95 Å². The quantitative estimate of drug-likeness (QED) is 0.760. The second-order valence-electron chi connectivity index (χ2n) is 4.11. The van der Waals surface area contributed by atoms with E-state index in [0.717, 1.165) is 11.3 Å². The summed E-state index contributed by atoms with van der Waals surface area (Å²) in [5.74, 6) is 0.403. The molecule has 1 N–H and O–H groups in total. The molecule has 0 radical (unpaired) electrons. The van der Waals surface area contributed by atoms with Crippen LogP contribution >= 0.6 is 0 Å². The van der Waals surface area contributed by atoms with E-state index in [9.17, 15) is 5.11 Å². The summed E-state index contributed by atoms with van der Waals surface area (Å²) in [6, 6.07) is 11.4. The normalized spacial score (nSPS) is 10.6. The lowest BCUT2D eigenvalue weighted by Gasteiger charge is -2.02. The highest BCUT2D eigenvalue weighted by Gasteiger charge is 2.17. The van der Waals surface area contributed by atoms with Gasteiger partial charge in [-0.3, -0.25) is 0 Å². The van der Waals surface area contributed by atoms with Crippen molar-refractivity contribution in [1.82, 2.24) is 19.7 Å². The van der Waals surface area contributed by atoms with Crippen LogP contribution in [0, 0.1) is 6.92 Å². The molecule has 5 heteroatoms. The largest absolute Gasteiger partial charge is 0.493 e. The van der Waals surface area contributed by atoms with Gasteiger partial charge in [0.05, 0.1) is 11.3 Å². The zero-order valence-electron chi connectivity index (χ0n) is 10.4. The minimum atomic E-state index is 0.0508. The second-order valence-corrected chi connectivity index (χ2v) is 4.11. The fourth-order valence-corrected chi connectivity index (χ4v) is 2.00. The van der Waals surface area contributed by atoms with E-state index in [1.54, 1.807) is 18.5 Å². The maximum absolute atomic E-state index is 10.3. The van der Waals surface area contributed by atoms with Crippen LogP contribution in [0.1, 0.15) is 5.69 Å². The van der Waals surface area contributed by atoms with Gasteiger partial charge in [0.1, 0.15) is 0 Å². The van der Waals surface area contributed by atoms with Crippen molar-refractivity contribution < 1.29 is 5.11 Å². The average Bonchev–Trinajstić information content (AvgIpc) is 2.76. The SMILES string of the molecule is Cc1nn(-c2ncccn2)c(O)c1-c1ccccc1. The van der Waals surface area contributed by atoms with Crippen LogP contribution in [0.25, 0.3) is 17.1 Å². The van der Waals surface area contributed by atoms with E-state index in [2.05, 4.69) is 15.1 Å². The van der Waals surface area contributed by atoms with Crippen LogP contribution in [0.3, 0.4) is 0 Å². The number of aromatic hydroxyl groups is 1. The Hall–Kier alpha value is -2.69. The van der Waals surface area contributed by atoms with Crippen molar-refractivity contribution in [2.45, 2.75) is 6.92 Å². The van der Waals surface area contributed by atoms with Crippen LogP contribution in [0.5, 0.6) is 5.88 Å². The first-order valence-corrected chi connectivity index (χ1v) is 5.89. The molecule has 0 fully saturated rings. The molecule has 5 nitrogen and oxygen atoms in total. The molecule has 0 saturated carbocycles. The van der Waals surface area contributed by atoms with Crippen molar-refractivity contribution in [2.75, 3.05) is 0 Å². The molecule has 0 aliphatic heterocycles. The van der Waals surface area contributed by atoms with Crippen molar-refractivity contribution in [3.63, 3.8) is 0 Å². The number of nitrogens with zero attached hydrogens (tertiary/aromatic N) is 4. The van der Waals surface area contributed by atoms with Gasteiger partial charge in [0, 0.05) is 12.4 Å². The first-order chi connectivity index (χ1) is 9.27. The minimum absolute atomic E-state index is 0.0508. The second kappa shape index (κ2) is 4.53. The Morgan fingerprint density at radius 1 is 1.00 bits per heavy atom. The zero-order valence-corrected chi connectivity index (χ0v) is 10.4. The number of benzene rings is 1. The lowest BCUT2D eigenvalue weighted by Crippen LogP contribution is -2.01. The van der Waals surface area contributed by atoms with Crippen molar-refractivity contribution in [3.05, 3.63) is 54.5 Å². The Labute approximate surface area is 110 Å². The van der Waals surface area contributed by atoms with Crippen molar-refractivity contribution >= 4 is 0 Å². The van der Waals surface area contributed by atoms with Crippen LogP contribution in [-0.4, -0.2) is 24.9 Å². The summed E-state index contributed by atoms with van der Waals surface area (Å²) in [5.41, 5.74) is 2.35. The molecule has 2 heterocycles. The smallest absolute Gasteiger partial charge is 0.253 e. The Morgan fingerprint density at radius 2 is 1.68 bits per heavy atom. The van der Waals surface area contributed by atoms with E-state index in [-0.39, 0.29) is 5.88 Å². The van der Waals surface area contributed by atoms with Crippen molar-refractivity contribution in [1.29, 1.82) is 0 Å². The van der Waals surface area contributed by atoms with Crippen LogP contribution < -0.4 is 0 Å². The Balaban J connectivity index is 2.17. The molecule has 94 valence electrons. The fourth-order valence-electron chi connectivity index (χ4n) is 2.00. The number of hydrogen-bond acceptors (Lipinski definition) is 4. The number of rotatable bonds is 2. The molecule has 3 aromatic rings. The highest BCUT2D eigenvalue weighted by Crippen LogP contribution is 2.32. The van der Waals surface area contributed by atoms with Gasteiger partial charge in [0.2, 0.25) is 5.88 Å². The molecule has 0 saturated heterocycles. The third-order valence-corrected chi connectivity index (χ3v) is 2.84. The highest BCUT2D eigenvalue weighted by atomic mass is 16.3. The van der Waals surface area contributed by atoms with E-state index >= 15 is 0 Å². The van der Waals surface area contributed by atoms with E-state index in [1.165, 1.54) is 4.68 Å². The minimum Gasteiger partial charge on any atom is -0.493 e. The molecule has 0 aliphatic carbocycles. The van der Waals surface area contributed by atoms with Crippen LogP contribution in [0.4, 0.5) is 0 Å². The van der Waals surface area contributed by atoms with E-state index in [4.69, 9.17) is 0 Å². The molecule has 0 amide bonds. The number of hydrogen-bond donors (Lipinski definition) is 1. The van der Waals surface area contributed by atoms with Gasteiger partial charge >= 0.3 is 0 Å². The van der Waals surface area contributed by atoms with E-state index in [1.807, 2.05) is 37.3 Å². The van der Waals surface area contributed by atoms with Gasteiger partial charge in [-0.1, -0.05) is 30.3 Å². The summed E-state index contributed by atoms with van der Waals surface area (Å²) in [7, 11) is 0. The fraction of sp³-hybridized carbons (Fsp3) is 0.0714. The lowest BCUT2D eigenvalue weighted by molar-refractivity contribution is 0.431. The zero-order chi connectivity index (χ0) is 13.2. The molecule has 3 rings (SSSR count). The highest BCUT2D eigenvalue weighted by molar-refractivity contribution is 5.71. The molecule has 2 aromatic heterocycles. The van der Waals surface area contributed by atoms with Crippen molar-refractivity contribution in [2.24, 2.45) is 0 Å². The monoisotopic (exact) mass is 252 g/mol. The van der Waals surface area contributed by atoms with Crippen LogP contribution in [0.15, 0.2) is 48.8 Å². The van der Waals surface area contributed by atoms with Crippen LogP contribution in [0.2, 0.25) is 0 Å². The molecule has 0 atom stereocenters. The van der Waals surface area contributed by atoms with Gasteiger partial charge in [-0.2, -0.15) is 9.78 Å². The number of aromatic nitrogens is 4. The molecule has 0 aliphatic rings. The standard InChI is InChI=1S/C14H12N4O/c1-10-12(11-6-3-2-4-7-11)13(19)18(17-10)14-15-8-5-9-16-14/h2-9,19H,1H3. The van der Waals surface area contributed by atoms with Gasteiger partial charge in [-0.05, 0) is 18.6 Å². The van der Waals surface area contributed by atoms with Gasteiger partial charge in [-0.15, -0.1) is 0 Å². The summed E-state index contributed by atoms with van der Waals surface area (Å²) in [6.07, 6.45) is 3.22. The maximum atomic E-state index is 10.3. The summed E-state index contributed by atoms with van der Waals surface area (Å²) >= 11 is 0. The average molecular weight is 252 g/mol. The third-order valence-electron chi connectivity index (χ3n) is 2.84. The first kappa shape index (κ1) is 11.4. The topological polar surface area (TPSA) is 63.8 Å². The first-order valence-electron chi connectivity index (χ1n) is 5.89. The molecule has 0 spiro atoms. The molecular weight excluding hydrogens is 240 g/mol. The predicted molar refractivity (Wildman–Crippen MR) is 71.0 cm³/mol. The third kappa shape index (κ3) is 1.95. The Morgan fingerprint density at radius 3 is 2.37 bits per heavy atom. The summed E-state index contributed by atoms with van der Waals surface area (Å²) in [4.78, 5) is 8.17. The van der Waals surface area contributed by atoms with E-state index in [0.29, 0.717) is 11.5 Å².